The maximum atomic E-state index is 14.0. The number of para-hydroxylation sites is 1. The molecule has 0 bridgehead atoms. The molecule has 0 aliphatic rings. The second-order valence-corrected chi connectivity index (χ2v) is 3.95. The zero-order chi connectivity index (χ0) is 11.9. The molecule has 0 radical (unpaired) electrons. The predicted octanol–water partition coefficient (Wildman–Crippen LogP) is 3.06. The lowest BCUT2D eigenvalue weighted by Gasteiger charge is -2.09. The molecule has 0 atom stereocenters. The van der Waals surface area contributed by atoms with Crippen LogP contribution in [-0.4, -0.2) is 15.6 Å². The average molecular weight is 221 g/mol. The van der Waals surface area contributed by atoms with Crippen LogP contribution in [0.1, 0.15) is 30.2 Å². The lowest BCUT2D eigenvalue weighted by atomic mass is 10.2. The minimum absolute atomic E-state index is 0.113. The molecule has 0 aliphatic heterocycles. The van der Waals surface area contributed by atoms with Gasteiger partial charge < -0.3 is 9.67 Å². The number of rotatable bonds is 2. The van der Waals surface area contributed by atoms with Crippen molar-refractivity contribution in [3.63, 3.8) is 0 Å². The van der Waals surface area contributed by atoms with E-state index in [0.717, 1.165) is 0 Å². The molecule has 16 heavy (non-hydrogen) atoms. The van der Waals surface area contributed by atoms with Gasteiger partial charge in [-0.25, -0.2) is 4.79 Å². The number of hydrogen-bond donors (Lipinski definition) is 1. The van der Waals surface area contributed by atoms with Crippen molar-refractivity contribution in [1.29, 1.82) is 0 Å². The number of nitrogens with zero attached hydrogens (tertiary/aromatic N) is 1. The number of aromatic carboxylic acids is 1. The Balaban J connectivity index is 2.91. The highest BCUT2D eigenvalue weighted by molar-refractivity contribution is 6.03. The molecule has 1 N–H and O–H groups in total. The van der Waals surface area contributed by atoms with E-state index in [1.165, 1.54) is 4.57 Å². The summed E-state index contributed by atoms with van der Waals surface area (Å²) in [4.78, 5) is 11.0. The third-order valence-electron chi connectivity index (χ3n) is 2.58. The van der Waals surface area contributed by atoms with Crippen molar-refractivity contribution in [2.45, 2.75) is 19.9 Å². The largest absolute Gasteiger partial charge is 0.478 e. The van der Waals surface area contributed by atoms with Crippen LogP contribution in [0.5, 0.6) is 0 Å². The molecule has 0 spiro atoms. The van der Waals surface area contributed by atoms with Crippen LogP contribution in [0.2, 0.25) is 0 Å². The second-order valence-electron chi connectivity index (χ2n) is 3.95. The number of aromatic nitrogens is 1. The van der Waals surface area contributed by atoms with Crippen molar-refractivity contribution < 1.29 is 14.3 Å². The molecule has 1 aromatic heterocycles. The van der Waals surface area contributed by atoms with Crippen LogP contribution in [0.25, 0.3) is 10.9 Å². The molecule has 1 aromatic carbocycles. The Kier molecular flexibility index (Phi) is 2.42. The first-order valence-corrected chi connectivity index (χ1v) is 5.05. The van der Waals surface area contributed by atoms with Crippen LogP contribution in [0.15, 0.2) is 24.3 Å². The van der Waals surface area contributed by atoms with Gasteiger partial charge in [0.05, 0.1) is 5.52 Å². The van der Waals surface area contributed by atoms with Gasteiger partial charge in [0.2, 0.25) is 5.95 Å². The maximum Gasteiger partial charge on any atom is 0.341 e. The third kappa shape index (κ3) is 1.38. The molecule has 0 saturated carbocycles. The van der Waals surface area contributed by atoms with Crippen LogP contribution in [0.3, 0.4) is 0 Å². The number of hydrogen-bond acceptors (Lipinski definition) is 1. The van der Waals surface area contributed by atoms with Crippen LogP contribution >= 0.6 is 0 Å². The van der Waals surface area contributed by atoms with Crippen LogP contribution < -0.4 is 0 Å². The summed E-state index contributed by atoms with van der Waals surface area (Å²) in [5.41, 5.74) is 0.372. The van der Waals surface area contributed by atoms with Gasteiger partial charge in [-0.2, -0.15) is 4.39 Å². The fourth-order valence-electron chi connectivity index (χ4n) is 1.94. The zero-order valence-electron chi connectivity index (χ0n) is 9.07. The van der Waals surface area contributed by atoms with Gasteiger partial charge in [0.25, 0.3) is 0 Å². The van der Waals surface area contributed by atoms with Gasteiger partial charge in [0, 0.05) is 11.4 Å². The second kappa shape index (κ2) is 3.63. The lowest BCUT2D eigenvalue weighted by molar-refractivity contribution is 0.0693. The monoisotopic (exact) mass is 221 g/mol. The maximum absolute atomic E-state index is 14.0. The zero-order valence-corrected chi connectivity index (χ0v) is 9.07. The van der Waals surface area contributed by atoms with E-state index in [0.29, 0.717) is 10.9 Å². The minimum atomic E-state index is -1.23. The number of halogens is 1. The summed E-state index contributed by atoms with van der Waals surface area (Å²) in [7, 11) is 0. The topological polar surface area (TPSA) is 42.2 Å². The van der Waals surface area contributed by atoms with Gasteiger partial charge in [-0.3, -0.25) is 0 Å². The lowest BCUT2D eigenvalue weighted by Crippen LogP contribution is -2.06. The quantitative estimate of drug-likeness (QED) is 0.846. The van der Waals surface area contributed by atoms with E-state index in [2.05, 4.69) is 0 Å². The third-order valence-corrected chi connectivity index (χ3v) is 2.58. The van der Waals surface area contributed by atoms with E-state index in [4.69, 9.17) is 5.11 Å². The molecule has 0 aliphatic carbocycles. The van der Waals surface area contributed by atoms with Gasteiger partial charge in [-0.1, -0.05) is 18.2 Å². The molecule has 0 fully saturated rings. The Morgan fingerprint density at radius 1 is 1.38 bits per heavy atom. The van der Waals surface area contributed by atoms with E-state index in [1.54, 1.807) is 24.3 Å². The molecule has 0 unspecified atom stereocenters. The summed E-state index contributed by atoms with van der Waals surface area (Å²) in [6.45, 7) is 3.64. The molecule has 0 amide bonds. The number of benzene rings is 1. The normalized spacial score (nSPS) is 11.2. The Morgan fingerprint density at radius 3 is 2.56 bits per heavy atom. The molecule has 84 valence electrons. The van der Waals surface area contributed by atoms with Gasteiger partial charge in [-0.15, -0.1) is 0 Å². The van der Waals surface area contributed by atoms with E-state index in [9.17, 15) is 9.18 Å². The Morgan fingerprint density at radius 2 is 2.00 bits per heavy atom. The molecule has 4 heteroatoms. The first-order valence-electron chi connectivity index (χ1n) is 5.05. The van der Waals surface area contributed by atoms with Gasteiger partial charge >= 0.3 is 5.97 Å². The van der Waals surface area contributed by atoms with Crippen LogP contribution in [0.4, 0.5) is 4.39 Å². The van der Waals surface area contributed by atoms with Crippen LogP contribution in [0, 0.1) is 5.95 Å². The van der Waals surface area contributed by atoms with Crippen molar-refractivity contribution in [1.82, 2.24) is 4.57 Å². The molecular weight excluding hydrogens is 209 g/mol. The Hall–Kier alpha value is -1.84. The van der Waals surface area contributed by atoms with Crippen molar-refractivity contribution in [2.24, 2.45) is 0 Å². The fraction of sp³-hybridized carbons (Fsp3) is 0.250. The summed E-state index contributed by atoms with van der Waals surface area (Å²) >= 11 is 0. The van der Waals surface area contributed by atoms with Crippen molar-refractivity contribution in [3.8, 4) is 0 Å². The van der Waals surface area contributed by atoms with Gasteiger partial charge in [0.15, 0.2) is 0 Å². The number of carboxylic acid groups (broad SMARTS) is 1. The van der Waals surface area contributed by atoms with Gasteiger partial charge in [-0.05, 0) is 19.9 Å². The number of fused-ring (bicyclic) bond motifs is 1. The highest BCUT2D eigenvalue weighted by atomic mass is 19.1. The highest BCUT2D eigenvalue weighted by Crippen LogP contribution is 2.28. The predicted molar refractivity (Wildman–Crippen MR) is 59.2 cm³/mol. The molecule has 0 saturated heterocycles. The summed E-state index contributed by atoms with van der Waals surface area (Å²) in [6, 6.07) is 6.72. The Labute approximate surface area is 92.1 Å². The van der Waals surface area contributed by atoms with E-state index >= 15 is 0 Å². The molecular formula is C12H12FNO2. The van der Waals surface area contributed by atoms with Crippen LogP contribution in [-0.2, 0) is 0 Å². The van der Waals surface area contributed by atoms with Crippen molar-refractivity contribution in [2.75, 3.05) is 0 Å². The molecule has 1 heterocycles. The van der Waals surface area contributed by atoms with E-state index < -0.39 is 11.9 Å². The summed E-state index contributed by atoms with van der Waals surface area (Å²) < 4.78 is 15.4. The summed E-state index contributed by atoms with van der Waals surface area (Å²) in [6.07, 6.45) is 0. The fourth-order valence-corrected chi connectivity index (χ4v) is 1.94. The van der Waals surface area contributed by atoms with E-state index in [1.807, 2.05) is 13.8 Å². The summed E-state index contributed by atoms with van der Waals surface area (Å²) in [5, 5.41) is 9.45. The average Bonchev–Trinajstić information content (AvgIpc) is 2.49. The first kappa shape index (κ1) is 10.7. The number of carboxylic acids is 1. The highest BCUT2D eigenvalue weighted by Gasteiger charge is 2.22. The van der Waals surface area contributed by atoms with E-state index in [-0.39, 0.29) is 11.6 Å². The SMILES string of the molecule is CC(C)n1c(F)c(C(=O)O)c2ccccc21. The molecule has 3 nitrogen and oxygen atoms in total. The Bertz CT molecular complexity index is 557. The number of carbonyl (C=O) groups is 1. The minimum Gasteiger partial charge on any atom is -0.478 e. The molecule has 2 rings (SSSR count). The smallest absolute Gasteiger partial charge is 0.341 e. The first-order chi connectivity index (χ1) is 7.54. The standard InChI is InChI=1S/C12H12FNO2/c1-7(2)14-9-6-4-3-5-8(9)10(11(14)13)12(15)16/h3-7H,1-2H3,(H,15,16). The molecule has 2 aromatic rings. The van der Waals surface area contributed by atoms with Crippen molar-refractivity contribution >= 4 is 16.9 Å². The summed E-state index contributed by atoms with van der Waals surface area (Å²) in [5.74, 6) is -1.91. The van der Waals surface area contributed by atoms with Crippen molar-refractivity contribution in [3.05, 3.63) is 35.8 Å². The van der Waals surface area contributed by atoms with Gasteiger partial charge in [0.1, 0.15) is 5.56 Å².